The minimum absolute atomic E-state index is 0.0421. The van der Waals surface area contributed by atoms with Gasteiger partial charge in [0.1, 0.15) is 5.57 Å². The van der Waals surface area contributed by atoms with E-state index in [1.165, 1.54) is 17.0 Å². The van der Waals surface area contributed by atoms with Gasteiger partial charge in [-0.15, -0.1) is 0 Å². The molecule has 0 saturated carbocycles. The number of alkyl halides is 6. The molecule has 1 aromatic heterocycles. The van der Waals surface area contributed by atoms with Gasteiger partial charge in [-0.25, -0.2) is 4.98 Å². The lowest BCUT2D eigenvalue weighted by atomic mass is 10.1. The SMILES string of the molecule is Cc1ccc(P(c2ccc(C)cc2)c2nccn2-c2ccc(C(F)(F)F)c(C(F)(F)F)c2)cc1. The van der Waals surface area contributed by atoms with Gasteiger partial charge in [0.15, 0.2) is 0 Å². The Hall–Kier alpha value is -3.12. The number of hydrogen-bond donors (Lipinski definition) is 0. The predicted octanol–water partition coefficient (Wildman–Crippen LogP) is 6.28. The molecule has 0 fully saturated rings. The van der Waals surface area contributed by atoms with Crippen molar-refractivity contribution in [3.8, 4) is 5.69 Å². The second kappa shape index (κ2) is 8.91. The molecule has 4 aromatic rings. The van der Waals surface area contributed by atoms with Crippen molar-refractivity contribution in [2.24, 2.45) is 0 Å². The van der Waals surface area contributed by atoms with Crippen LogP contribution in [0.2, 0.25) is 0 Å². The smallest absolute Gasteiger partial charge is 0.300 e. The van der Waals surface area contributed by atoms with Crippen LogP contribution in [0.15, 0.2) is 79.1 Å². The molecule has 0 saturated heterocycles. The molecule has 0 N–H and O–H groups in total. The lowest BCUT2D eigenvalue weighted by Crippen LogP contribution is -2.27. The number of hydrogen-bond acceptors (Lipinski definition) is 1. The van der Waals surface area contributed by atoms with Crippen molar-refractivity contribution in [3.63, 3.8) is 0 Å². The zero-order chi connectivity index (χ0) is 24.7. The van der Waals surface area contributed by atoms with Gasteiger partial charge in [0.2, 0.25) is 0 Å². The van der Waals surface area contributed by atoms with Crippen LogP contribution in [-0.2, 0) is 12.4 Å². The van der Waals surface area contributed by atoms with Gasteiger partial charge in [-0.05, 0) is 42.7 Å². The van der Waals surface area contributed by atoms with Crippen LogP contribution in [0.5, 0.6) is 0 Å². The Morgan fingerprint density at radius 1 is 0.676 bits per heavy atom. The van der Waals surface area contributed by atoms with Gasteiger partial charge < -0.3 is 0 Å². The Labute approximate surface area is 193 Å². The van der Waals surface area contributed by atoms with Crippen molar-refractivity contribution in [1.29, 1.82) is 0 Å². The van der Waals surface area contributed by atoms with Gasteiger partial charge in [0, 0.05) is 26.0 Å². The van der Waals surface area contributed by atoms with Crippen LogP contribution >= 0.6 is 7.92 Å². The Morgan fingerprint density at radius 3 is 1.65 bits per heavy atom. The summed E-state index contributed by atoms with van der Waals surface area (Å²) in [6, 6.07) is 17.5. The molecular formula is C25H19F6N2P. The first-order valence-corrected chi connectivity index (χ1v) is 11.5. The lowest BCUT2D eigenvalue weighted by molar-refractivity contribution is -0.162. The molecule has 0 radical (unpaired) electrons. The fraction of sp³-hybridized carbons (Fsp3) is 0.160. The molecule has 0 aliphatic rings. The van der Waals surface area contributed by atoms with Crippen LogP contribution in [0.25, 0.3) is 5.69 Å². The second-order valence-corrected chi connectivity index (χ2v) is 9.93. The summed E-state index contributed by atoms with van der Waals surface area (Å²) in [7, 11) is -1.30. The summed E-state index contributed by atoms with van der Waals surface area (Å²) in [5, 5.41) is 1.83. The van der Waals surface area contributed by atoms with E-state index in [9.17, 15) is 26.3 Å². The van der Waals surface area contributed by atoms with Crippen molar-refractivity contribution in [1.82, 2.24) is 9.55 Å². The maximum absolute atomic E-state index is 13.5. The normalized spacial score (nSPS) is 12.4. The van der Waals surface area contributed by atoms with Gasteiger partial charge >= 0.3 is 12.4 Å². The average Bonchev–Trinajstić information content (AvgIpc) is 3.24. The molecule has 9 heteroatoms. The largest absolute Gasteiger partial charge is 0.417 e. The highest BCUT2D eigenvalue weighted by atomic mass is 31.1. The highest BCUT2D eigenvalue weighted by molar-refractivity contribution is 7.79. The molecule has 0 spiro atoms. The Balaban J connectivity index is 1.90. The Bertz CT molecular complexity index is 1240. The average molecular weight is 492 g/mol. The van der Waals surface area contributed by atoms with E-state index < -0.39 is 31.4 Å². The van der Waals surface area contributed by atoms with Crippen molar-refractivity contribution >= 4 is 24.1 Å². The van der Waals surface area contributed by atoms with Crippen LogP contribution in [-0.4, -0.2) is 9.55 Å². The first kappa shape index (κ1) is 24.0. The van der Waals surface area contributed by atoms with Gasteiger partial charge in [0.25, 0.3) is 0 Å². The summed E-state index contributed by atoms with van der Waals surface area (Å²) >= 11 is 0. The van der Waals surface area contributed by atoms with Crippen molar-refractivity contribution in [3.05, 3.63) is 101 Å². The molecule has 0 aliphatic carbocycles. The van der Waals surface area contributed by atoms with Crippen molar-refractivity contribution in [2.75, 3.05) is 0 Å². The molecule has 0 unspecified atom stereocenters. The summed E-state index contributed by atoms with van der Waals surface area (Å²) in [6.45, 7) is 3.89. The molecule has 3 aromatic carbocycles. The number of imidazole rings is 1. The van der Waals surface area contributed by atoms with Crippen molar-refractivity contribution < 1.29 is 26.3 Å². The van der Waals surface area contributed by atoms with E-state index in [0.29, 0.717) is 17.7 Å². The fourth-order valence-electron chi connectivity index (χ4n) is 3.59. The predicted molar refractivity (Wildman–Crippen MR) is 122 cm³/mol. The molecule has 4 rings (SSSR count). The number of nitrogens with zero attached hydrogens (tertiary/aromatic N) is 2. The molecule has 0 amide bonds. The van der Waals surface area contributed by atoms with Gasteiger partial charge in [-0.2, -0.15) is 26.3 Å². The molecule has 2 nitrogen and oxygen atoms in total. The second-order valence-electron chi connectivity index (χ2n) is 7.83. The van der Waals surface area contributed by atoms with E-state index in [2.05, 4.69) is 4.98 Å². The van der Waals surface area contributed by atoms with E-state index in [4.69, 9.17) is 0 Å². The maximum atomic E-state index is 13.5. The molecular weight excluding hydrogens is 473 g/mol. The van der Waals surface area contributed by atoms with Gasteiger partial charge in [0.05, 0.1) is 11.1 Å². The summed E-state index contributed by atoms with van der Waals surface area (Å²) < 4.78 is 81.8. The minimum Gasteiger partial charge on any atom is -0.300 e. The molecule has 1 heterocycles. The summed E-state index contributed by atoms with van der Waals surface area (Å²) in [5.41, 5.74) is -0.945. The molecule has 176 valence electrons. The van der Waals surface area contributed by atoms with Crippen molar-refractivity contribution in [2.45, 2.75) is 26.2 Å². The quantitative estimate of drug-likeness (QED) is 0.242. The van der Waals surface area contributed by atoms with E-state index in [0.717, 1.165) is 27.8 Å². The minimum atomic E-state index is -5.17. The summed E-state index contributed by atoms with van der Waals surface area (Å²) in [6.07, 6.45) is -7.38. The first-order valence-electron chi connectivity index (χ1n) is 10.2. The van der Waals surface area contributed by atoms with Crippen LogP contribution in [0.4, 0.5) is 26.3 Å². The van der Waals surface area contributed by atoms with Gasteiger partial charge in [-0.1, -0.05) is 59.7 Å². The maximum Gasteiger partial charge on any atom is 0.417 e. The number of aryl methyl sites for hydroxylation is 2. The highest BCUT2D eigenvalue weighted by Gasteiger charge is 2.43. The third-order valence-electron chi connectivity index (χ3n) is 5.30. The van der Waals surface area contributed by atoms with Crippen LogP contribution in [0.3, 0.4) is 0 Å². The molecule has 0 atom stereocenters. The number of benzene rings is 3. The Morgan fingerprint density at radius 2 is 1.18 bits per heavy atom. The van der Waals surface area contributed by atoms with Crippen LogP contribution in [0, 0.1) is 13.8 Å². The van der Waals surface area contributed by atoms with E-state index in [1.54, 1.807) is 0 Å². The third-order valence-corrected chi connectivity index (χ3v) is 7.66. The number of halogens is 6. The molecule has 0 bridgehead atoms. The fourth-order valence-corrected chi connectivity index (χ4v) is 5.83. The van der Waals surface area contributed by atoms with Crippen LogP contribution < -0.4 is 16.2 Å². The Kier molecular flexibility index (Phi) is 6.30. The van der Waals surface area contributed by atoms with E-state index >= 15 is 0 Å². The first-order chi connectivity index (χ1) is 15.9. The number of aromatic nitrogens is 2. The standard InChI is InChI=1S/C25H19F6N2P/c1-16-3-8-19(9-4-16)34(20-10-5-17(2)6-11-20)23-32-13-14-33(23)18-7-12-21(24(26,27)28)22(15-18)25(29,30)31/h3-15H,1-2H3. The van der Waals surface area contributed by atoms with E-state index in [1.807, 2.05) is 62.4 Å². The van der Waals surface area contributed by atoms with Gasteiger partial charge in [-0.3, -0.25) is 4.57 Å². The summed E-state index contributed by atoms with van der Waals surface area (Å²) in [4.78, 5) is 4.44. The zero-order valence-electron chi connectivity index (χ0n) is 18.1. The highest BCUT2D eigenvalue weighted by Crippen LogP contribution is 2.41. The topological polar surface area (TPSA) is 17.8 Å². The zero-order valence-corrected chi connectivity index (χ0v) is 19.0. The molecule has 0 aliphatic heterocycles. The lowest BCUT2D eigenvalue weighted by Gasteiger charge is -2.21. The molecule has 34 heavy (non-hydrogen) atoms. The van der Waals surface area contributed by atoms with E-state index in [-0.39, 0.29) is 5.69 Å². The summed E-state index contributed by atoms with van der Waals surface area (Å²) in [5.74, 6) is 0. The third kappa shape index (κ3) is 4.87. The monoisotopic (exact) mass is 492 g/mol. The van der Waals surface area contributed by atoms with Crippen LogP contribution in [0.1, 0.15) is 22.3 Å². The number of rotatable bonds is 4.